The molecule has 3 aromatic rings. The molecule has 0 aromatic heterocycles. The number of rotatable bonds is 16. The molecule has 0 radical (unpaired) electrons. The number of methoxy groups -OCH3 is 2. The fourth-order valence-corrected chi connectivity index (χ4v) is 5.60. The molecule has 0 unspecified atom stereocenters. The van der Waals surface area contributed by atoms with Crippen LogP contribution in [0.4, 0.5) is 4.39 Å². The average Bonchev–Trinajstić information content (AvgIpc) is 3.82. The van der Waals surface area contributed by atoms with Crippen molar-refractivity contribution in [2.75, 3.05) is 34.0 Å². The Labute approximate surface area is 261 Å². The SMILES string of the molecule is CCOC(=O)C[C@H](CC1CC1)c1cccc(OCc2ccc(-c3cc(OC)ccc3F)c([C@@H](OCCOC)C(C)(C)C)c2)c1. The zero-order valence-electron chi connectivity index (χ0n) is 27.0. The van der Waals surface area contributed by atoms with Gasteiger partial charge in [-0.2, -0.15) is 0 Å². The third kappa shape index (κ3) is 9.29. The van der Waals surface area contributed by atoms with Gasteiger partial charge in [0.2, 0.25) is 0 Å². The van der Waals surface area contributed by atoms with Gasteiger partial charge in [0.25, 0.3) is 0 Å². The summed E-state index contributed by atoms with van der Waals surface area (Å²) in [5.41, 5.74) is 3.80. The molecule has 3 aromatic carbocycles. The van der Waals surface area contributed by atoms with Gasteiger partial charge in [-0.25, -0.2) is 4.39 Å². The van der Waals surface area contributed by atoms with E-state index in [9.17, 15) is 4.79 Å². The monoisotopic (exact) mass is 606 g/mol. The first-order valence-corrected chi connectivity index (χ1v) is 15.6. The lowest BCUT2D eigenvalue weighted by molar-refractivity contribution is -0.143. The van der Waals surface area contributed by atoms with E-state index in [1.165, 1.54) is 18.9 Å². The molecule has 2 atom stereocenters. The van der Waals surface area contributed by atoms with Gasteiger partial charge in [0.1, 0.15) is 23.9 Å². The Kier molecular flexibility index (Phi) is 11.8. The molecule has 1 aliphatic rings. The van der Waals surface area contributed by atoms with Gasteiger partial charge >= 0.3 is 5.97 Å². The predicted octanol–water partition coefficient (Wildman–Crippen LogP) is 8.67. The second-order valence-electron chi connectivity index (χ2n) is 12.6. The van der Waals surface area contributed by atoms with Crippen LogP contribution in [0.5, 0.6) is 11.5 Å². The number of esters is 1. The van der Waals surface area contributed by atoms with E-state index in [2.05, 4.69) is 32.9 Å². The molecule has 0 aliphatic heterocycles. The second-order valence-corrected chi connectivity index (χ2v) is 12.6. The van der Waals surface area contributed by atoms with E-state index in [1.807, 2.05) is 37.3 Å². The van der Waals surface area contributed by atoms with Gasteiger partial charge in [0, 0.05) is 12.7 Å². The summed E-state index contributed by atoms with van der Waals surface area (Å²) in [6.45, 7) is 9.72. The van der Waals surface area contributed by atoms with Crippen LogP contribution in [0, 0.1) is 17.2 Å². The first kappa shape index (κ1) is 33.5. The van der Waals surface area contributed by atoms with E-state index in [4.69, 9.17) is 23.7 Å². The minimum absolute atomic E-state index is 0.102. The smallest absolute Gasteiger partial charge is 0.306 e. The first-order chi connectivity index (χ1) is 21.1. The summed E-state index contributed by atoms with van der Waals surface area (Å²) in [4.78, 5) is 12.4. The molecule has 44 heavy (non-hydrogen) atoms. The summed E-state index contributed by atoms with van der Waals surface area (Å²) in [6.07, 6.45) is 3.45. The van der Waals surface area contributed by atoms with Crippen molar-refractivity contribution in [1.29, 1.82) is 0 Å². The van der Waals surface area contributed by atoms with Crippen LogP contribution in [-0.2, 0) is 25.6 Å². The average molecular weight is 607 g/mol. The molecule has 1 saturated carbocycles. The van der Waals surface area contributed by atoms with Crippen molar-refractivity contribution in [3.8, 4) is 22.6 Å². The van der Waals surface area contributed by atoms with E-state index < -0.39 is 0 Å². The number of carbonyl (C=O) groups is 1. The van der Waals surface area contributed by atoms with E-state index >= 15 is 4.39 Å². The van der Waals surface area contributed by atoms with Gasteiger partial charge in [0.05, 0.1) is 39.5 Å². The predicted molar refractivity (Wildman–Crippen MR) is 171 cm³/mol. The van der Waals surface area contributed by atoms with Gasteiger partial charge in [0.15, 0.2) is 0 Å². The van der Waals surface area contributed by atoms with Crippen molar-refractivity contribution in [3.63, 3.8) is 0 Å². The normalized spacial score (nSPS) is 14.6. The summed E-state index contributed by atoms with van der Waals surface area (Å²) in [5, 5.41) is 0. The molecule has 4 rings (SSSR count). The van der Waals surface area contributed by atoms with Crippen molar-refractivity contribution in [1.82, 2.24) is 0 Å². The first-order valence-electron chi connectivity index (χ1n) is 15.6. The Morgan fingerprint density at radius 3 is 2.43 bits per heavy atom. The van der Waals surface area contributed by atoms with Gasteiger partial charge in [-0.3, -0.25) is 4.79 Å². The maximum absolute atomic E-state index is 15.2. The Morgan fingerprint density at radius 2 is 1.75 bits per heavy atom. The van der Waals surface area contributed by atoms with Crippen LogP contribution in [0.25, 0.3) is 11.1 Å². The third-order valence-electron chi connectivity index (χ3n) is 7.99. The lowest BCUT2D eigenvalue weighted by Crippen LogP contribution is -2.24. The molecule has 1 aliphatic carbocycles. The largest absolute Gasteiger partial charge is 0.497 e. The molecule has 0 heterocycles. The van der Waals surface area contributed by atoms with Gasteiger partial charge in [-0.1, -0.05) is 57.9 Å². The van der Waals surface area contributed by atoms with Crippen LogP contribution in [-0.4, -0.2) is 40.0 Å². The van der Waals surface area contributed by atoms with Gasteiger partial charge in [-0.15, -0.1) is 0 Å². The second kappa shape index (κ2) is 15.5. The Hall–Kier alpha value is -3.42. The zero-order chi connectivity index (χ0) is 31.7. The molecule has 0 spiro atoms. The van der Waals surface area contributed by atoms with Crippen molar-refractivity contribution >= 4 is 5.97 Å². The Bertz CT molecular complexity index is 1380. The number of benzene rings is 3. The van der Waals surface area contributed by atoms with Crippen LogP contribution in [0.3, 0.4) is 0 Å². The fourth-order valence-electron chi connectivity index (χ4n) is 5.60. The number of halogens is 1. The van der Waals surface area contributed by atoms with Crippen LogP contribution in [0.15, 0.2) is 60.7 Å². The van der Waals surface area contributed by atoms with Crippen LogP contribution in [0.2, 0.25) is 0 Å². The minimum Gasteiger partial charge on any atom is -0.497 e. The van der Waals surface area contributed by atoms with Crippen LogP contribution in [0.1, 0.15) is 82.1 Å². The summed E-state index contributed by atoms with van der Waals surface area (Å²) in [6, 6.07) is 18.8. The highest BCUT2D eigenvalue weighted by Gasteiger charge is 2.31. The number of ether oxygens (including phenoxy) is 5. The van der Waals surface area contributed by atoms with Crippen molar-refractivity contribution in [3.05, 3.63) is 83.2 Å². The molecule has 0 N–H and O–H groups in total. The maximum atomic E-state index is 15.2. The summed E-state index contributed by atoms with van der Waals surface area (Å²) in [7, 11) is 3.22. The Morgan fingerprint density at radius 1 is 0.955 bits per heavy atom. The standard InChI is InChI=1S/C37H47FO6/c1-7-42-35(39)22-28(19-25-11-12-25)27-9-8-10-30(21-27)44-24-26-13-15-31(32-23-29(41-6)14-16-34(32)38)33(20-26)36(37(2,3)4)43-18-17-40-5/h8-10,13-16,20-21,23,25,28,36H,7,11-12,17-19,22,24H2,1-6H3/t28-,36+/m0/s1. The molecule has 7 heteroatoms. The molecule has 0 amide bonds. The van der Waals surface area contributed by atoms with E-state index in [-0.39, 0.29) is 29.2 Å². The highest BCUT2D eigenvalue weighted by Crippen LogP contribution is 2.43. The van der Waals surface area contributed by atoms with Gasteiger partial charge in [-0.05, 0) is 89.2 Å². The van der Waals surface area contributed by atoms with Gasteiger partial charge < -0.3 is 23.7 Å². The molecule has 0 saturated heterocycles. The quantitative estimate of drug-likeness (QED) is 0.120. The van der Waals surface area contributed by atoms with Crippen molar-refractivity contribution in [2.24, 2.45) is 11.3 Å². The highest BCUT2D eigenvalue weighted by molar-refractivity contribution is 5.71. The summed E-state index contributed by atoms with van der Waals surface area (Å²) < 4.78 is 43.9. The Balaban J connectivity index is 1.63. The van der Waals surface area contributed by atoms with E-state index in [0.29, 0.717) is 50.1 Å². The summed E-state index contributed by atoms with van der Waals surface area (Å²) >= 11 is 0. The maximum Gasteiger partial charge on any atom is 0.306 e. The third-order valence-corrected chi connectivity index (χ3v) is 7.99. The molecular weight excluding hydrogens is 559 g/mol. The van der Waals surface area contributed by atoms with E-state index in [0.717, 1.165) is 34.4 Å². The molecule has 0 bridgehead atoms. The van der Waals surface area contributed by atoms with E-state index in [1.54, 1.807) is 26.4 Å². The topological polar surface area (TPSA) is 63.2 Å². The lowest BCUT2D eigenvalue weighted by Gasteiger charge is -2.33. The molecule has 6 nitrogen and oxygen atoms in total. The summed E-state index contributed by atoms with van der Waals surface area (Å²) in [5.74, 6) is 1.60. The zero-order valence-corrected chi connectivity index (χ0v) is 27.0. The number of hydrogen-bond donors (Lipinski definition) is 0. The minimum atomic E-state index is -0.340. The fraction of sp³-hybridized carbons (Fsp3) is 0.486. The molecular formula is C37H47FO6. The number of hydrogen-bond acceptors (Lipinski definition) is 6. The molecule has 238 valence electrons. The van der Waals surface area contributed by atoms with Crippen LogP contribution < -0.4 is 9.47 Å². The van der Waals surface area contributed by atoms with Crippen molar-refractivity contribution < 1.29 is 32.9 Å². The van der Waals surface area contributed by atoms with Crippen molar-refractivity contribution in [2.45, 2.75) is 72.0 Å². The van der Waals surface area contributed by atoms with Crippen LogP contribution >= 0.6 is 0 Å². The molecule has 1 fully saturated rings. The highest BCUT2D eigenvalue weighted by atomic mass is 19.1. The number of carbonyl (C=O) groups excluding carboxylic acids is 1. The lowest BCUT2D eigenvalue weighted by atomic mass is 9.81.